The number of rotatable bonds is 7. The van der Waals surface area contributed by atoms with Crippen LogP contribution in [0, 0.1) is 0 Å². The molecule has 0 radical (unpaired) electrons. The topological polar surface area (TPSA) is 48.5 Å². The molecule has 0 N–H and O–H groups in total. The van der Waals surface area contributed by atoms with Crippen molar-refractivity contribution < 1.29 is 0 Å². The Balaban J connectivity index is 1.07. The largest absolute Gasteiger partial charge is 0.309 e. The van der Waals surface area contributed by atoms with Gasteiger partial charge < -0.3 is 4.57 Å². The Morgan fingerprint density at radius 1 is 0.242 bits per heavy atom. The fourth-order valence-electron chi connectivity index (χ4n) is 10.4. The first-order chi connectivity index (χ1) is 32.7. The maximum atomic E-state index is 5.34. The molecule has 66 heavy (non-hydrogen) atoms. The lowest BCUT2D eigenvalue weighted by Crippen LogP contribution is -2.06. The number of para-hydroxylation sites is 1. The van der Waals surface area contributed by atoms with Gasteiger partial charge in [0, 0.05) is 38.4 Å². The molecule has 3 aromatic heterocycles. The van der Waals surface area contributed by atoms with Crippen molar-refractivity contribution in [3.8, 4) is 67.8 Å². The van der Waals surface area contributed by atoms with Gasteiger partial charge >= 0.3 is 0 Å². The first-order valence-electron chi connectivity index (χ1n) is 22.4. The van der Waals surface area contributed by atoms with Crippen molar-refractivity contribution in [1.29, 1.82) is 0 Å². The number of hydrogen-bond donors (Lipinski definition) is 0. The minimum atomic E-state index is 0.572. The van der Waals surface area contributed by atoms with E-state index in [4.69, 9.17) is 15.0 Å². The lowest BCUT2D eigenvalue weighted by Gasteiger charge is -2.13. The van der Waals surface area contributed by atoms with Crippen LogP contribution in [0.5, 0.6) is 0 Å². The molecule has 0 unspecified atom stereocenters. The quantitative estimate of drug-likeness (QED) is 0.150. The van der Waals surface area contributed by atoms with Crippen LogP contribution in [0.15, 0.2) is 224 Å². The lowest BCUT2D eigenvalue weighted by molar-refractivity contribution is 0.954. The molecule has 14 aromatic rings. The molecule has 0 saturated heterocycles. The van der Waals surface area contributed by atoms with Crippen LogP contribution < -0.4 is 0 Å². The van der Waals surface area contributed by atoms with Gasteiger partial charge in [-0.15, -0.1) is 0 Å². The molecule has 0 fully saturated rings. The summed E-state index contributed by atoms with van der Waals surface area (Å²) < 4.78 is 4.74. The highest BCUT2D eigenvalue weighted by Crippen LogP contribution is 2.46. The predicted molar refractivity (Wildman–Crippen MR) is 273 cm³/mol. The van der Waals surface area contributed by atoms with Gasteiger partial charge in [-0.3, -0.25) is 4.57 Å². The number of hydrogen-bond acceptors (Lipinski definition) is 3. The van der Waals surface area contributed by atoms with Crippen molar-refractivity contribution in [2.45, 2.75) is 0 Å². The Hall–Kier alpha value is -8.93. The summed E-state index contributed by atoms with van der Waals surface area (Å²) in [6.07, 6.45) is 0. The average Bonchev–Trinajstić information content (AvgIpc) is 3.91. The Bertz CT molecular complexity index is 4060. The van der Waals surface area contributed by atoms with E-state index in [-0.39, 0.29) is 0 Å². The molecule has 0 aliphatic carbocycles. The molecule has 0 spiro atoms. The Labute approximate surface area is 379 Å². The van der Waals surface area contributed by atoms with Crippen LogP contribution in [0.25, 0.3) is 133 Å². The molecule has 0 atom stereocenters. The van der Waals surface area contributed by atoms with E-state index >= 15 is 0 Å². The normalized spacial score (nSPS) is 11.9. The van der Waals surface area contributed by atoms with E-state index < -0.39 is 0 Å². The number of aromatic nitrogens is 5. The first-order valence-corrected chi connectivity index (χ1v) is 22.4. The molecule has 306 valence electrons. The van der Waals surface area contributed by atoms with Crippen molar-refractivity contribution in [2.75, 3.05) is 0 Å². The van der Waals surface area contributed by atoms with Gasteiger partial charge in [-0.25, -0.2) is 4.98 Å². The van der Waals surface area contributed by atoms with Crippen LogP contribution in [0.3, 0.4) is 0 Å². The molecular weight excluding hydrogens is 803 g/mol. The molecule has 0 amide bonds. The van der Waals surface area contributed by atoms with E-state index in [1.54, 1.807) is 0 Å². The van der Waals surface area contributed by atoms with Crippen molar-refractivity contribution in [3.05, 3.63) is 224 Å². The van der Waals surface area contributed by atoms with Crippen LogP contribution in [0.2, 0.25) is 0 Å². The van der Waals surface area contributed by atoms with Crippen LogP contribution in [0.1, 0.15) is 0 Å². The minimum Gasteiger partial charge on any atom is -0.309 e. The molecule has 0 saturated carbocycles. The average molecular weight is 840 g/mol. The third-order valence-electron chi connectivity index (χ3n) is 13.4. The molecule has 0 aliphatic heterocycles. The van der Waals surface area contributed by atoms with E-state index in [1.165, 1.54) is 59.9 Å². The monoisotopic (exact) mass is 839 g/mol. The van der Waals surface area contributed by atoms with E-state index in [0.717, 1.165) is 55.5 Å². The fraction of sp³-hybridized carbons (Fsp3) is 0. The van der Waals surface area contributed by atoms with Crippen molar-refractivity contribution in [2.24, 2.45) is 0 Å². The molecule has 3 heterocycles. The Morgan fingerprint density at radius 2 is 0.545 bits per heavy atom. The highest BCUT2D eigenvalue weighted by Gasteiger charge is 2.24. The van der Waals surface area contributed by atoms with Gasteiger partial charge in [0.05, 0.1) is 22.1 Å². The molecule has 0 bridgehead atoms. The summed E-state index contributed by atoms with van der Waals surface area (Å²) in [5, 5.41) is 9.71. The van der Waals surface area contributed by atoms with Crippen molar-refractivity contribution in [1.82, 2.24) is 24.1 Å². The standard InChI is InChI=1S/C61H37N5/c1-6-16-38(17-7-1)46-30-42-26-28-44-32-48(36-52-56(44)55(42)51(34-46)65(52)50-24-14-5-15-25-50)49-33-45-29-27-43-31-47(39-18-8-2-9-19-39)35-53-57(43)58(45)54(37-49)66(53)61-63-59(40-20-10-3-11-21-40)62-60(64-61)41-22-12-4-13-23-41/h1-37H. The van der Waals surface area contributed by atoms with Gasteiger partial charge in [0.25, 0.3) is 0 Å². The fourth-order valence-corrected chi connectivity index (χ4v) is 10.4. The van der Waals surface area contributed by atoms with Crippen molar-refractivity contribution in [3.63, 3.8) is 0 Å². The zero-order valence-corrected chi connectivity index (χ0v) is 35.6. The number of benzene rings is 11. The second-order valence-electron chi connectivity index (χ2n) is 17.3. The van der Waals surface area contributed by atoms with Gasteiger partial charge in [0.2, 0.25) is 5.95 Å². The van der Waals surface area contributed by atoms with E-state index in [9.17, 15) is 0 Å². The zero-order valence-electron chi connectivity index (χ0n) is 35.6. The van der Waals surface area contributed by atoms with Crippen LogP contribution in [0.4, 0.5) is 0 Å². The predicted octanol–water partition coefficient (Wildman–Crippen LogP) is 15.6. The molecular formula is C61H37N5. The van der Waals surface area contributed by atoms with Gasteiger partial charge in [0.15, 0.2) is 11.6 Å². The van der Waals surface area contributed by atoms with Crippen LogP contribution in [-0.2, 0) is 0 Å². The maximum Gasteiger partial charge on any atom is 0.238 e. The molecule has 0 aliphatic rings. The number of nitrogens with zero attached hydrogens (tertiary/aromatic N) is 5. The first kappa shape index (κ1) is 36.5. The molecule has 11 aromatic carbocycles. The summed E-state index contributed by atoms with van der Waals surface area (Å²) in [6.45, 7) is 0. The molecule has 5 heteroatoms. The van der Waals surface area contributed by atoms with E-state index in [0.29, 0.717) is 17.6 Å². The van der Waals surface area contributed by atoms with Crippen LogP contribution >= 0.6 is 0 Å². The van der Waals surface area contributed by atoms with Gasteiger partial charge in [0.1, 0.15) is 0 Å². The Morgan fingerprint density at radius 3 is 0.909 bits per heavy atom. The Kier molecular flexibility index (Phi) is 7.91. The van der Waals surface area contributed by atoms with E-state index in [1.807, 2.05) is 36.4 Å². The third-order valence-corrected chi connectivity index (χ3v) is 13.4. The second kappa shape index (κ2) is 14.3. The van der Waals surface area contributed by atoms with Crippen LogP contribution in [-0.4, -0.2) is 24.1 Å². The minimum absolute atomic E-state index is 0.572. The SMILES string of the molecule is c1ccc(-c2cc3ccc4cc(-c5cc6ccc7cc(-c8ccccc8)cc8c7c6c(c5)n8-c5nc(-c6ccccc6)nc(-c6ccccc6)n5)cc5c4c3c(c2)n5-c2ccccc2)cc1. The summed E-state index contributed by atoms with van der Waals surface area (Å²) in [4.78, 5) is 15.8. The maximum absolute atomic E-state index is 5.34. The van der Waals surface area contributed by atoms with Gasteiger partial charge in [-0.05, 0) is 116 Å². The highest BCUT2D eigenvalue weighted by atomic mass is 15.2. The zero-order chi connectivity index (χ0) is 43.3. The summed E-state index contributed by atoms with van der Waals surface area (Å²) in [6, 6.07) is 80.6. The molecule has 14 rings (SSSR count). The van der Waals surface area contributed by atoms with Gasteiger partial charge in [-0.2, -0.15) is 9.97 Å². The van der Waals surface area contributed by atoms with Crippen molar-refractivity contribution >= 4 is 65.2 Å². The second-order valence-corrected chi connectivity index (χ2v) is 17.3. The summed E-state index contributed by atoms with van der Waals surface area (Å²) in [5.41, 5.74) is 14.4. The smallest absolute Gasteiger partial charge is 0.238 e. The van der Waals surface area contributed by atoms with Gasteiger partial charge in [-0.1, -0.05) is 164 Å². The summed E-state index contributed by atoms with van der Waals surface area (Å²) >= 11 is 0. The highest BCUT2D eigenvalue weighted by molar-refractivity contribution is 6.27. The lowest BCUT2D eigenvalue weighted by atomic mass is 9.93. The summed E-state index contributed by atoms with van der Waals surface area (Å²) in [5.74, 6) is 1.82. The summed E-state index contributed by atoms with van der Waals surface area (Å²) in [7, 11) is 0. The molecule has 5 nitrogen and oxygen atoms in total. The third kappa shape index (κ3) is 5.63. The van der Waals surface area contributed by atoms with E-state index in [2.05, 4.69) is 197 Å².